The number of esters is 1. The molecular weight excluding hydrogens is 334 g/mol. The smallest absolute Gasteiger partial charge is 0.335 e. The molecule has 0 amide bonds. The second-order valence-corrected chi connectivity index (χ2v) is 5.72. The van der Waals surface area contributed by atoms with Crippen molar-refractivity contribution in [1.29, 1.82) is 0 Å². The molecule has 24 heavy (non-hydrogen) atoms. The van der Waals surface area contributed by atoms with Gasteiger partial charge in [-0.3, -0.25) is 0 Å². The molecule has 2 rings (SSSR count). The van der Waals surface area contributed by atoms with Gasteiger partial charge in [-0.1, -0.05) is 23.0 Å². The van der Waals surface area contributed by atoms with Gasteiger partial charge in [0.15, 0.2) is 0 Å². The summed E-state index contributed by atoms with van der Waals surface area (Å²) in [6.07, 6.45) is 2.27. The Bertz CT molecular complexity index is 757. The third-order valence-corrected chi connectivity index (χ3v) is 3.41. The molecule has 1 aromatic carbocycles. The quantitative estimate of drug-likeness (QED) is 0.315. The van der Waals surface area contributed by atoms with E-state index in [1.54, 1.807) is 25.1 Å². The number of carbonyl (C=O) groups excluding carboxylic acids is 2. The van der Waals surface area contributed by atoms with Gasteiger partial charge in [0, 0.05) is 17.0 Å². The van der Waals surface area contributed by atoms with Crippen molar-refractivity contribution in [2.75, 3.05) is 6.61 Å². The predicted octanol–water partition coefficient (Wildman–Crippen LogP) is 2.72. The number of hydrogen-bond donors (Lipinski definition) is 0. The molecule has 0 radical (unpaired) electrons. The maximum absolute atomic E-state index is 11.8. The lowest BCUT2D eigenvalue weighted by Gasteiger charge is -2.05. The Balaban J connectivity index is 1.70. The van der Waals surface area contributed by atoms with E-state index in [0.717, 1.165) is 11.3 Å². The Morgan fingerprint density at radius 3 is 2.83 bits per heavy atom. The van der Waals surface area contributed by atoms with Gasteiger partial charge >= 0.3 is 11.9 Å². The molecule has 0 aliphatic rings. The van der Waals surface area contributed by atoms with Gasteiger partial charge in [-0.25, -0.2) is 9.59 Å². The number of ether oxygens (including phenoxy) is 1. The lowest BCUT2D eigenvalue weighted by molar-refractivity contribution is -0.145. The van der Waals surface area contributed by atoms with Crippen LogP contribution in [0.4, 0.5) is 0 Å². The molecule has 7 nitrogen and oxygen atoms in total. The lowest BCUT2D eigenvalue weighted by Crippen LogP contribution is -2.20. The van der Waals surface area contributed by atoms with Crippen molar-refractivity contribution in [3.63, 3.8) is 0 Å². The van der Waals surface area contributed by atoms with E-state index in [9.17, 15) is 9.59 Å². The zero-order valence-corrected chi connectivity index (χ0v) is 14.1. The Kier molecular flexibility index (Phi) is 6.31. The average Bonchev–Trinajstić information content (AvgIpc) is 2.92. The van der Waals surface area contributed by atoms with Crippen LogP contribution in [0.2, 0.25) is 5.02 Å². The molecule has 8 heteroatoms. The van der Waals surface area contributed by atoms with Crippen molar-refractivity contribution in [3.8, 4) is 0 Å². The number of fused-ring (bicyclic) bond motifs is 1. The molecule has 0 unspecified atom stereocenters. The molecule has 0 fully saturated rings. The molecular formula is C16H18ClN3O4. The van der Waals surface area contributed by atoms with Crippen molar-refractivity contribution in [3.05, 3.63) is 35.4 Å². The molecule has 1 aromatic heterocycles. The fraction of sp³-hybridized carbons (Fsp3) is 0.375. The highest BCUT2D eigenvalue weighted by molar-refractivity contribution is 6.31. The minimum Gasteiger partial charge on any atom is -0.462 e. The van der Waals surface area contributed by atoms with Crippen LogP contribution in [0.3, 0.4) is 0 Å². The van der Waals surface area contributed by atoms with Crippen LogP contribution < -0.4 is 4.84 Å². The average molecular weight is 352 g/mol. The summed E-state index contributed by atoms with van der Waals surface area (Å²) in [7, 11) is 0. The Hall–Kier alpha value is -2.41. The second-order valence-electron chi connectivity index (χ2n) is 5.29. The molecule has 0 aliphatic heterocycles. The number of nitrogens with zero attached hydrogens (tertiary/aromatic N) is 3. The van der Waals surface area contributed by atoms with E-state index < -0.39 is 11.9 Å². The number of halogens is 1. The molecule has 0 aliphatic carbocycles. The minimum atomic E-state index is -0.416. The number of unbranched alkanes of at least 4 members (excludes halogenated alkanes) is 2. The largest absolute Gasteiger partial charge is 0.462 e. The summed E-state index contributed by atoms with van der Waals surface area (Å²) in [4.78, 5) is 29.2. The van der Waals surface area contributed by atoms with Gasteiger partial charge < -0.3 is 9.57 Å². The van der Waals surface area contributed by atoms with Crippen molar-refractivity contribution < 1.29 is 19.2 Å². The Morgan fingerprint density at radius 1 is 1.29 bits per heavy atom. The monoisotopic (exact) mass is 351 g/mol. The van der Waals surface area contributed by atoms with Crippen LogP contribution in [0, 0.1) is 0 Å². The summed E-state index contributed by atoms with van der Waals surface area (Å²) in [5.41, 5.74) is 1.49. The number of hydrogen-bond acceptors (Lipinski definition) is 6. The van der Waals surface area contributed by atoms with Crippen LogP contribution in [0.15, 0.2) is 30.4 Å². The molecule has 2 aromatic rings. The number of aromatic nitrogens is 3. The second kappa shape index (κ2) is 8.44. The van der Waals surface area contributed by atoms with Crippen LogP contribution >= 0.6 is 11.6 Å². The van der Waals surface area contributed by atoms with Crippen molar-refractivity contribution in [2.24, 2.45) is 0 Å². The number of benzene rings is 1. The zero-order chi connectivity index (χ0) is 17.5. The van der Waals surface area contributed by atoms with Crippen molar-refractivity contribution in [1.82, 2.24) is 15.2 Å². The maximum Gasteiger partial charge on any atom is 0.335 e. The summed E-state index contributed by atoms with van der Waals surface area (Å²) >= 11 is 5.91. The number of carbonyl (C=O) groups is 2. The summed E-state index contributed by atoms with van der Waals surface area (Å²) < 4.78 is 4.97. The molecule has 0 bridgehead atoms. The Morgan fingerprint density at radius 2 is 2.08 bits per heavy atom. The molecule has 0 spiro atoms. The maximum atomic E-state index is 11.8. The van der Waals surface area contributed by atoms with E-state index in [2.05, 4.69) is 16.9 Å². The molecule has 1 heterocycles. The van der Waals surface area contributed by atoms with E-state index in [0.29, 0.717) is 41.1 Å². The van der Waals surface area contributed by atoms with E-state index in [1.807, 2.05) is 0 Å². The highest BCUT2D eigenvalue weighted by Gasteiger charge is 2.10. The summed E-state index contributed by atoms with van der Waals surface area (Å²) in [5.74, 6) is -0.813. The highest BCUT2D eigenvalue weighted by Crippen LogP contribution is 2.16. The van der Waals surface area contributed by atoms with Gasteiger partial charge in [0.2, 0.25) is 0 Å². The first-order valence-corrected chi connectivity index (χ1v) is 7.90. The van der Waals surface area contributed by atoms with Gasteiger partial charge in [-0.15, -0.1) is 5.10 Å². The van der Waals surface area contributed by atoms with E-state index in [-0.39, 0.29) is 6.42 Å². The van der Waals surface area contributed by atoms with Gasteiger partial charge in [-0.05, 0) is 49.6 Å². The minimum absolute atomic E-state index is 0.232. The fourth-order valence-corrected chi connectivity index (χ4v) is 2.08. The molecule has 0 atom stereocenters. The predicted molar refractivity (Wildman–Crippen MR) is 88.4 cm³/mol. The van der Waals surface area contributed by atoms with E-state index >= 15 is 0 Å². The van der Waals surface area contributed by atoms with Crippen LogP contribution in [-0.2, 0) is 14.3 Å². The normalized spacial score (nSPS) is 10.6. The molecule has 128 valence electrons. The fourth-order valence-electron chi connectivity index (χ4n) is 1.92. The van der Waals surface area contributed by atoms with E-state index in [4.69, 9.17) is 21.2 Å². The van der Waals surface area contributed by atoms with Crippen LogP contribution in [-0.4, -0.2) is 33.7 Å². The molecule has 0 N–H and O–H groups in total. The van der Waals surface area contributed by atoms with Gasteiger partial charge in [-0.2, -0.15) is 0 Å². The van der Waals surface area contributed by atoms with Gasteiger partial charge in [0.1, 0.15) is 11.0 Å². The lowest BCUT2D eigenvalue weighted by atomic mass is 10.2. The molecule has 0 saturated carbocycles. The summed E-state index contributed by atoms with van der Waals surface area (Å²) in [6, 6.07) is 5.01. The van der Waals surface area contributed by atoms with Crippen molar-refractivity contribution >= 4 is 34.6 Å². The van der Waals surface area contributed by atoms with Gasteiger partial charge in [0.05, 0.1) is 6.61 Å². The summed E-state index contributed by atoms with van der Waals surface area (Å²) in [6.45, 7) is 5.41. The zero-order valence-electron chi connectivity index (χ0n) is 13.3. The van der Waals surface area contributed by atoms with Crippen LogP contribution in [0.25, 0.3) is 11.0 Å². The number of rotatable bonds is 8. The first kappa shape index (κ1) is 17.9. The Labute approximate surface area is 144 Å². The van der Waals surface area contributed by atoms with Crippen LogP contribution in [0.5, 0.6) is 0 Å². The summed E-state index contributed by atoms with van der Waals surface area (Å²) in [5, 5.41) is 8.16. The SMILES string of the molecule is C=C(C)C(=O)OCCCCCC(=O)On1nnc2ccc(Cl)cc21. The third-order valence-electron chi connectivity index (χ3n) is 3.17. The standard InChI is InChI=1S/C16H18ClN3O4/c1-11(2)16(22)23-9-5-3-4-6-15(21)24-20-14-10-12(17)7-8-13(14)18-19-20/h7-8,10H,1,3-6,9H2,2H3. The molecule has 0 saturated heterocycles. The first-order chi connectivity index (χ1) is 11.5. The van der Waals surface area contributed by atoms with E-state index in [1.165, 1.54) is 0 Å². The topological polar surface area (TPSA) is 83.3 Å². The van der Waals surface area contributed by atoms with Gasteiger partial charge in [0.25, 0.3) is 0 Å². The highest BCUT2D eigenvalue weighted by atomic mass is 35.5. The van der Waals surface area contributed by atoms with Crippen molar-refractivity contribution in [2.45, 2.75) is 32.6 Å². The third kappa shape index (κ3) is 5.06. The first-order valence-electron chi connectivity index (χ1n) is 7.52. The van der Waals surface area contributed by atoms with Crippen LogP contribution in [0.1, 0.15) is 32.6 Å².